The minimum Gasteiger partial charge on any atom is -0.482 e. The predicted molar refractivity (Wildman–Crippen MR) is 111 cm³/mol. The van der Waals surface area contributed by atoms with E-state index >= 15 is 0 Å². The Balaban J connectivity index is 1.87. The van der Waals surface area contributed by atoms with Crippen molar-refractivity contribution in [1.29, 1.82) is 0 Å². The predicted octanol–water partition coefficient (Wildman–Crippen LogP) is 3.31. The van der Waals surface area contributed by atoms with Crippen LogP contribution < -0.4 is 9.64 Å². The molecule has 1 aromatic carbocycles. The molecule has 0 aliphatic carbocycles. The normalized spacial score (nSPS) is 14.5. The largest absolute Gasteiger partial charge is 0.482 e. The second-order valence-corrected chi connectivity index (χ2v) is 8.25. The molecule has 1 amide bonds. The Morgan fingerprint density at radius 2 is 2.14 bits per heavy atom. The van der Waals surface area contributed by atoms with Gasteiger partial charge in [0.2, 0.25) is 0 Å². The summed E-state index contributed by atoms with van der Waals surface area (Å²) in [6.07, 6.45) is 0.749. The number of fused-ring (bicyclic) bond motifs is 1. The highest BCUT2D eigenvalue weighted by Crippen LogP contribution is 2.37. The first-order chi connectivity index (χ1) is 13.9. The van der Waals surface area contributed by atoms with Gasteiger partial charge in [-0.2, -0.15) is 0 Å². The number of anilines is 1. The number of benzene rings is 1. The van der Waals surface area contributed by atoms with Gasteiger partial charge in [-0.25, -0.2) is 9.78 Å². The maximum Gasteiger partial charge on any atom is 0.328 e. The van der Waals surface area contributed by atoms with Crippen molar-refractivity contribution < 1.29 is 23.8 Å². The molecule has 1 aromatic heterocycles. The Bertz CT molecular complexity index is 880. The summed E-state index contributed by atoms with van der Waals surface area (Å²) in [5, 5.41) is 2.96. The van der Waals surface area contributed by atoms with Crippen LogP contribution in [0.3, 0.4) is 0 Å². The summed E-state index contributed by atoms with van der Waals surface area (Å²) in [4.78, 5) is 31.2. The molecule has 1 unspecified atom stereocenters. The molecule has 1 aliphatic heterocycles. The van der Waals surface area contributed by atoms with Crippen LogP contribution in [0.1, 0.15) is 25.8 Å². The van der Waals surface area contributed by atoms with Crippen molar-refractivity contribution in [3.63, 3.8) is 0 Å². The van der Waals surface area contributed by atoms with E-state index in [4.69, 9.17) is 14.2 Å². The first-order valence-corrected chi connectivity index (χ1v) is 10.5. The molecule has 156 valence electrons. The van der Waals surface area contributed by atoms with Crippen molar-refractivity contribution >= 4 is 28.9 Å². The van der Waals surface area contributed by atoms with Crippen molar-refractivity contribution in [3.05, 3.63) is 28.6 Å². The number of hydrogen-bond acceptors (Lipinski definition) is 7. The summed E-state index contributed by atoms with van der Waals surface area (Å²) >= 11 is 1.57. The highest BCUT2D eigenvalue weighted by atomic mass is 32.1. The molecular formula is C21H26N2O5S. The zero-order valence-electron chi connectivity index (χ0n) is 17.1. The second kappa shape index (κ2) is 9.37. The van der Waals surface area contributed by atoms with Gasteiger partial charge in [-0.1, -0.05) is 13.8 Å². The van der Waals surface area contributed by atoms with Gasteiger partial charge in [-0.3, -0.25) is 9.69 Å². The molecule has 2 aromatic rings. The summed E-state index contributed by atoms with van der Waals surface area (Å²) < 4.78 is 16.0. The average molecular weight is 419 g/mol. The lowest BCUT2D eigenvalue weighted by atomic mass is 10.1. The average Bonchev–Trinajstić information content (AvgIpc) is 3.18. The summed E-state index contributed by atoms with van der Waals surface area (Å²) in [7, 11) is 1.66. The van der Waals surface area contributed by atoms with Crippen molar-refractivity contribution in [2.45, 2.75) is 33.2 Å². The van der Waals surface area contributed by atoms with Gasteiger partial charge in [0, 0.05) is 24.5 Å². The lowest BCUT2D eigenvalue weighted by Crippen LogP contribution is -2.48. The molecule has 1 aliphatic rings. The van der Waals surface area contributed by atoms with Gasteiger partial charge in [0.1, 0.15) is 11.8 Å². The summed E-state index contributed by atoms with van der Waals surface area (Å²) in [6, 6.07) is 4.81. The van der Waals surface area contributed by atoms with Crippen molar-refractivity contribution in [3.8, 4) is 17.0 Å². The van der Waals surface area contributed by atoms with Crippen molar-refractivity contribution in [2.75, 3.05) is 31.8 Å². The van der Waals surface area contributed by atoms with E-state index in [0.29, 0.717) is 24.7 Å². The molecule has 0 fully saturated rings. The van der Waals surface area contributed by atoms with Crippen molar-refractivity contribution in [1.82, 2.24) is 4.98 Å². The summed E-state index contributed by atoms with van der Waals surface area (Å²) in [5.74, 6) is 0.0811. The van der Waals surface area contributed by atoms with Gasteiger partial charge < -0.3 is 14.2 Å². The quantitative estimate of drug-likeness (QED) is 0.612. The zero-order chi connectivity index (χ0) is 21.0. The van der Waals surface area contributed by atoms with Crippen LogP contribution >= 0.6 is 11.3 Å². The van der Waals surface area contributed by atoms with Crippen LogP contribution in [0.5, 0.6) is 5.75 Å². The minimum atomic E-state index is -0.744. The molecule has 0 spiro atoms. The second-order valence-electron chi connectivity index (χ2n) is 7.30. The Labute approximate surface area is 174 Å². The molecule has 3 rings (SSSR count). The Morgan fingerprint density at radius 1 is 1.34 bits per heavy atom. The number of carbonyl (C=O) groups is 2. The molecule has 29 heavy (non-hydrogen) atoms. The van der Waals surface area contributed by atoms with Gasteiger partial charge in [0.05, 0.1) is 29.6 Å². The number of nitrogens with zero attached hydrogens (tertiary/aromatic N) is 2. The fourth-order valence-corrected chi connectivity index (χ4v) is 3.77. The maximum absolute atomic E-state index is 12.6. The third kappa shape index (κ3) is 4.94. The van der Waals surface area contributed by atoms with Gasteiger partial charge in [0.25, 0.3) is 5.91 Å². The molecule has 0 N–H and O–H groups in total. The smallest absolute Gasteiger partial charge is 0.328 e. The van der Waals surface area contributed by atoms with E-state index in [2.05, 4.69) is 4.98 Å². The Morgan fingerprint density at radius 3 is 2.86 bits per heavy atom. The van der Waals surface area contributed by atoms with Crippen LogP contribution in [0.25, 0.3) is 11.3 Å². The topological polar surface area (TPSA) is 78.0 Å². The molecule has 8 heteroatoms. The highest BCUT2D eigenvalue weighted by Gasteiger charge is 2.34. The molecule has 7 nitrogen and oxygen atoms in total. The monoisotopic (exact) mass is 418 g/mol. The lowest BCUT2D eigenvalue weighted by Gasteiger charge is -2.33. The minimum absolute atomic E-state index is 0.105. The first kappa shape index (κ1) is 21.3. The highest BCUT2D eigenvalue weighted by molar-refractivity contribution is 7.09. The summed E-state index contributed by atoms with van der Waals surface area (Å²) in [6.45, 7) is 6.43. The van der Waals surface area contributed by atoms with E-state index in [0.717, 1.165) is 22.7 Å². The SMILES string of the molecule is COCCc1nc(-c2ccc3c(c2)N(C(C)C(=O)OCC(C)C)C(=O)CO3)cs1. The Hall–Kier alpha value is -2.45. The van der Waals surface area contributed by atoms with Gasteiger partial charge in [0.15, 0.2) is 6.61 Å². The molecule has 0 saturated heterocycles. The third-order valence-corrected chi connectivity index (χ3v) is 5.40. The number of rotatable bonds is 8. The van der Waals surface area contributed by atoms with Crippen molar-refractivity contribution in [2.24, 2.45) is 5.92 Å². The molecule has 0 bridgehead atoms. The van der Waals surface area contributed by atoms with Crippen LogP contribution in [0.15, 0.2) is 23.6 Å². The van der Waals surface area contributed by atoms with E-state index in [1.165, 1.54) is 4.90 Å². The van der Waals surface area contributed by atoms with Crippen LogP contribution in [-0.4, -0.2) is 49.8 Å². The van der Waals surface area contributed by atoms with E-state index in [1.54, 1.807) is 25.4 Å². The number of methoxy groups -OCH3 is 1. The number of ether oxygens (including phenoxy) is 3. The van der Waals surface area contributed by atoms with E-state index in [1.807, 2.05) is 37.4 Å². The third-order valence-electron chi connectivity index (χ3n) is 4.49. The van der Waals surface area contributed by atoms with E-state index < -0.39 is 12.0 Å². The standard InChI is InChI=1S/C21H26N2O5S/c1-13(2)10-28-21(25)14(3)23-17-9-15(5-6-18(17)27-11-20(23)24)16-12-29-19(22-16)7-8-26-4/h5-6,9,12-14H,7-8,10-11H2,1-4H3. The fraction of sp³-hybridized carbons (Fsp3) is 0.476. The molecular weight excluding hydrogens is 392 g/mol. The molecule has 2 heterocycles. The van der Waals surface area contributed by atoms with Crippen LogP contribution in [0.4, 0.5) is 5.69 Å². The lowest BCUT2D eigenvalue weighted by molar-refractivity contribution is -0.147. The fourth-order valence-electron chi connectivity index (χ4n) is 2.98. The maximum atomic E-state index is 12.6. The van der Waals surface area contributed by atoms with Crippen LogP contribution in [0.2, 0.25) is 0 Å². The number of thiazole rings is 1. The van der Waals surface area contributed by atoms with Gasteiger partial charge >= 0.3 is 5.97 Å². The number of carbonyl (C=O) groups excluding carboxylic acids is 2. The Kier molecular flexibility index (Phi) is 6.87. The van der Waals surface area contributed by atoms with Crippen LogP contribution in [0, 0.1) is 5.92 Å². The number of amides is 1. The van der Waals surface area contributed by atoms with Crippen LogP contribution in [-0.2, 0) is 25.5 Å². The molecule has 1 atom stereocenters. The number of aromatic nitrogens is 1. The number of hydrogen-bond donors (Lipinski definition) is 0. The van der Waals surface area contributed by atoms with E-state index in [-0.39, 0.29) is 18.4 Å². The van der Waals surface area contributed by atoms with Gasteiger partial charge in [-0.05, 0) is 31.0 Å². The van der Waals surface area contributed by atoms with E-state index in [9.17, 15) is 9.59 Å². The molecule has 0 radical (unpaired) electrons. The zero-order valence-corrected chi connectivity index (χ0v) is 18.0. The summed E-state index contributed by atoms with van der Waals surface area (Å²) in [5.41, 5.74) is 2.23. The number of esters is 1. The first-order valence-electron chi connectivity index (χ1n) is 9.60. The molecule has 0 saturated carbocycles. The van der Waals surface area contributed by atoms with Gasteiger partial charge in [-0.15, -0.1) is 11.3 Å².